The Morgan fingerprint density at radius 2 is 1.68 bits per heavy atom. The van der Waals surface area contributed by atoms with Gasteiger partial charge in [0.15, 0.2) is 5.96 Å². The Kier molecular flexibility index (Phi) is 7.50. The van der Waals surface area contributed by atoms with Crippen molar-refractivity contribution in [1.29, 1.82) is 0 Å². The van der Waals surface area contributed by atoms with Gasteiger partial charge in [-0.2, -0.15) is 0 Å². The van der Waals surface area contributed by atoms with Crippen molar-refractivity contribution in [1.82, 2.24) is 16.0 Å². The number of nitrogens with one attached hydrogen (secondary N) is 3. The summed E-state index contributed by atoms with van der Waals surface area (Å²) in [7, 11) is 1.63. The van der Waals surface area contributed by atoms with Crippen LogP contribution in [-0.4, -0.2) is 32.0 Å². The summed E-state index contributed by atoms with van der Waals surface area (Å²) >= 11 is 0. The number of guanidine groups is 1. The molecule has 0 atom stereocenters. The molecular formula is C20H26N4O. The second-order valence-electron chi connectivity index (χ2n) is 5.63. The van der Waals surface area contributed by atoms with Crippen LogP contribution in [0.3, 0.4) is 0 Å². The van der Waals surface area contributed by atoms with E-state index in [9.17, 15) is 4.79 Å². The van der Waals surface area contributed by atoms with Gasteiger partial charge >= 0.3 is 0 Å². The summed E-state index contributed by atoms with van der Waals surface area (Å²) in [4.78, 5) is 16.2. The normalized spacial score (nSPS) is 11.0. The maximum absolute atomic E-state index is 11.6. The van der Waals surface area contributed by atoms with Gasteiger partial charge in [-0.25, -0.2) is 4.99 Å². The molecule has 2 aromatic rings. The van der Waals surface area contributed by atoms with E-state index in [1.165, 1.54) is 5.56 Å². The van der Waals surface area contributed by atoms with Gasteiger partial charge in [0, 0.05) is 25.7 Å². The highest BCUT2D eigenvalue weighted by atomic mass is 16.1. The van der Waals surface area contributed by atoms with Crippen LogP contribution in [0.2, 0.25) is 0 Å². The topological polar surface area (TPSA) is 65.5 Å². The van der Waals surface area contributed by atoms with Gasteiger partial charge in [0.05, 0.1) is 6.54 Å². The number of rotatable bonds is 7. The fourth-order valence-electron chi connectivity index (χ4n) is 2.39. The molecule has 3 N–H and O–H groups in total. The van der Waals surface area contributed by atoms with E-state index in [4.69, 9.17) is 0 Å². The van der Waals surface area contributed by atoms with E-state index in [0.717, 1.165) is 31.0 Å². The minimum absolute atomic E-state index is 0.0778. The second-order valence-corrected chi connectivity index (χ2v) is 5.63. The first-order valence-electron chi connectivity index (χ1n) is 8.60. The smallest absolute Gasteiger partial charge is 0.251 e. The maximum Gasteiger partial charge on any atom is 0.251 e. The Morgan fingerprint density at radius 3 is 2.32 bits per heavy atom. The van der Waals surface area contributed by atoms with Crippen LogP contribution in [-0.2, 0) is 13.0 Å². The second kappa shape index (κ2) is 10.1. The zero-order chi connectivity index (χ0) is 17.9. The molecule has 0 radical (unpaired) electrons. The molecule has 0 saturated carbocycles. The van der Waals surface area contributed by atoms with Crippen molar-refractivity contribution in [3.63, 3.8) is 0 Å². The highest BCUT2D eigenvalue weighted by molar-refractivity contribution is 5.93. The lowest BCUT2D eigenvalue weighted by Gasteiger charge is -2.11. The third-order valence-electron chi connectivity index (χ3n) is 3.76. The number of carbonyl (C=O) groups is 1. The predicted molar refractivity (Wildman–Crippen MR) is 103 cm³/mol. The summed E-state index contributed by atoms with van der Waals surface area (Å²) in [6.45, 7) is 4.25. The van der Waals surface area contributed by atoms with Crippen molar-refractivity contribution in [2.45, 2.75) is 19.9 Å². The lowest BCUT2D eigenvalue weighted by molar-refractivity contribution is 0.0963. The van der Waals surface area contributed by atoms with E-state index in [0.29, 0.717) is 12.1 Å². The van der Waals surface area contributed by atoms with Crippen LogP contribution in [0, 0.1) is 0 Å². The molecule has 0 aliphatic rings. The third kappa shape index (κ3) is 6.30. The summed E-state index contributed by atoms with van der Waals surface area (Å²) in [6, 6.07) is 17.9. The largest absolute Gasteiger partial charge is 0.357 e. The molecule has 2 rings (SSSR count). The molecule has 0 fully saturated rings. The number of hydrogen-bond donors (Lipinski definition) is 3. The fraction of sp³-hybridized carbons (Fsp3) is 0.300. The first kappa shape index (κ1) is 18.5. The monoisotopic (exact) mass is 338 g/mol. The van der Waals surface area contributed by atoms with Gasteiger partial charge in [0.2, 0.25) is 0 Å². The van der Waals surface area contributed by atoms with Crippen molar-refractivity contribution in [2.75, 3.05) is 20.1 Å². The summed E-state index contributed by atoms with van der Waals surface area (Å²) in [5.41, 5.74) is 3.02. The fourth-order valence-corrected chi connectivity index (χ4v) is 2.39. The summed E-state index contributed by atoms with van der Waals surface area (Å²) < 4.78 is 0. The highest BCUT2D eigenvalue weighted by Gasteiger charge is 2.02. The lowest BCUT2D eigenvalue weighted by Crippen LogP contribution is -2.38. The van der Waals surface area contributed by atoms with Crippen LogP contribution >= 0.6 is 0 Å². The molecule has 25 heavy (non-hydrogen) atoms. The zero-order valence-electron chi connectivity index (χ0n) is 14.9. The van der Waals surface area contributed by atoms with Crippen molar-refractivity contribution < 1.29 is 4.79 Å². The van der Waals surface area contributed by atoms with Crippen LogP contribution in [0.25, 0.3) is 0 Å². The Morgan fingerprint density at radius 1 is 0.960 bits per heavy atom. The molecule has 2 aromatic carbocycles. The van der Waals surface area contributed by atoms with Crippen LogP contribution in [0.1, 0.15) is 28.4 Å². The van der Waals surface area contributed by atoms with E-state index in [1.54, 1.807) is 7.05 Å². The molecule has 0 saturated heterocycles. The molecule has 132 valence electrons. The molecule has 1 amide bonds. The minimum atomic E-state index is -0.0778. The lowest BCUT2D eigenvalue weighted by atomic mass is 10.1. The van der Waals surface area contributed by atoms with E-state index < -0.39 is 0 Å². The zero-order valence-corrected chi connectivity index (χ0v) is 14.9. The summed E-state index contributed by atoms with van der Waals surface area (Å²) in [5, 5.41) is 9.22. The van der Waals surface area contributed by atoms with Crippen molar-refractivity contribution in [2.24, 2.45) is 4.99 Å². The first-order chi connectivity index (χ1) is 12.2. The van der Waals surface area contributed by atoms with E-state index in [-0.39, 0.29) is 5.91 Å². The van der Waals surface area contributed by atoms with Gasteiger partial charge in [-0.3, -0.25) is 4.79 Å². The maximum atomic E-state index is 11.6. The average molecular weight is 338 g/mol. The van der Waals surface area contributed by atoms with Gasteiger partial charge < -0.3 is 16.0 Å². The third-order valence-corrected chi connectivity index (χ3v) is 3.76. The molecule has 0 spiro atoms. The Labute approximate surface area is 149 Å². The van der Waals surface area contributed by atoms with Crippen LogP contribution < -0.4 is 16.0 Å². The quantitative estimate of drug-likeness (QED) is 0.536. The SMILES string of the molecule is CCNC(=NCc1ccc(C(=O)NC)cc1)NCCc1ccccc1. The minimum Gasteiger partial charge on any atom is -0.357 e. The summed E-state index contributed by atoms with van der Waals surface area (Å²) in [6.07, 6.45) is 0.950. The van der Waals surface area contributed by atoms with Crippen molar-refractivity contribution >= 4 is 11.9 Å². The Balaban J connectivity index is 1.89. The number of benzene rings is 2. The molecule has 5 nitrogen and oxygen atoms in total. The average Bonchev–Trinajstić information content (AvgIpc) is 2.66. The molecule has 0 unspecified atom stereocenters. The van der Waals surface area contributed by atoms with Gasteiger partial charge in [0.1, 0.15) is 0 Å². The number of hydrogen-bond acceptors (Lipinski definition) is 2. The molecule has 0 aromatic heterocycles. The molecule has 0 bridgehead atoms. The molecule has 5 heteroatoms. The Hall–Kier alpha value is -2.82. The standard InChI is InChI=1S/C20H26N4O/c1-3-22-20(23-14-13-16-7-5-4-6-8-16)24-15-17-9-11-18(12-10-17)19(25)21-2/h4-12H,3,13-15H2,1-2H3,(H,21,25)(H2,22,23,24). The van der Waals surface area contributed by atoms with E-state index in [2.05, 4.69) is 45.2 Å². The Bertz CT molecular complexity index is 681. The number of carbonyl (C=O) groups excluding carboxylic acids is 1. The summed E-state index contributed by atoms with van der Waals surface area (Å²) in [5.74, 6) is 0.722. The van der Waals surface area contributed by atoms with Gasteiger partial charge in [-0.1, -0.05) is 42.5 Å². The van der Waals surface area contributed by atoms with Gasteiger partial charge in [-0.15, -0.1) is 0 Å². The highest BCUT2D eigenvalue weighted by Crippen LogP contribution is 2.05. The van der Waals surface area contributed by atoms with Crippen LogP contribution in [0.15, 0.2) is 59.6 Å². The molecule has 0 heterocycles. The van der Waals surface area contributed by atoms with Crippen molar-refractivity contribution in [3.05, 3.63) is 71.3 Å². The predicted octanol–water partition coefficient (Wildman–Crippen LogP) is 2.34. The van der Waals surface area contributed by atoms with Crippen LogP contribution in [0.5, 0.6) is 0 Å². The van der Waals surface area contributed by atoms with E-state index in [1.807, 2.05) is 37.3 Å². The van der Waals surface area contributed by atoms with Gasteiger partial charge in [0.25, 0.3) is 5.91 Å². The first-order valence-corrected chi connectivity index (χ1v) is 8.60. The number of nitrogens with zero attached hydrogens (tertiary/aromatic N) is 1. The van der Waals surface area contributed by atoms with E-state index >= 15 is 0 Å². The van der Waals surface area contributed by atoms with Crippen LogP contribution in [0.4, 0.5) is 0 Å². The van der Waals surface area contributed by atoms with Gasteiger partial charge in [-0.05, 0) is 36.6 Å². The molecular weight excluding hydrogens is 312 g/mol. The number of amides is 1. The molecule has 0 aliphatic heterocycles. The molecule has 0 aliphatic carbocycles. The van der Waals surface area contributed by atoms with Crippen molar-refractivity contribution in [3.8, 4) is 0 Å². The number of aliphatic imine (C=N–C) groups is 1.